The summed E-state index contributed by atoms with van der Waals surface area (Å²) in [6, 6.07) is 9.34. The van der Waals surface area contributed by atoms with Crippen molar-refractivity contribution in [1.29, 1.82) is 0 Å². The Morgan fingerprint density at radius 1 is 1.18 bits per heavy atom. The molecule has 2 aromatic carbocycles. The number of anilines is 2. The molecule has 0 fully saturated rings. The van der Waals surface area contributed by atoms with Crippen LogP contribution < -0.4 is 15.4 Å². The Labute approximate surface area is 252 Å². The molecule has 0 bridgehead atoms. The predicted octanol–water partition coefficient (Wildman–Crippen LogP) is 4.38. The number of aromatic nitrogens is 2. The van der Waals surface area contributed by atoms with Gasteiger partial charge in [0, 0.05) is 32.2 Å². The van der Waals surface area contributed by atoms with E-state index in [1.807, 2.05) is 6.92 Å². The minimum Gasteiger partial charge on any atom is -0.485 e. The number of aliphatic hydroxyl groups excluding tert-OH is 1. The van der Waals surface area contributed by atoms with E-state index in [4.69, 9.17) is 4.74 Å². The monoisotopic (exact) mass is 616 g/mol. The largest absolute Gasteiger partial charge is 0.485 e. The molecule has 0 saturated carbocycles. The van der Waals surface area contributed by atoms with Crippen molar-refractivity contribution in [2.75, 3.05) is 37.4 Å². The molecule has 0 saturated heterocycles. The first-order valence-electron chi connectivity index (χ1n) is 13.9. The van der Waals surface area contributed by atoms with E-state index in [0.717, 1.165) is 24.3 Å². The maximum absolute atomic E-state index is 13.7. The molecule has 14 heteroatoms. The number of para-hydroxylation sites is 1. The summed E-state index contributed by atoms with van der Waals surface area (Å²) in [4.78, 5) is 42.7. The van der Waals surface area contributed by atoms with Crippen LogP contribution in [0, 0.1) is 12.8 Å². The average Bonchev–Trinajstić information content (AvgIpc) is 3.32. The lowest BCUT2D eigenvalue weighted by atomic mass is 9.99. The molecule has 0 radical (unpaired) electrons. The number of nitrogens with one attached hydrogen (secondary N) is 2. The van der Waals surface area contributed by atoms with Gasteiger partial charge in [-0.1, -0.05) is 13.0 Å². The molecular formula is C30H35F3N6O5. The molecule has 1 aromatic heterocycles. The molecule has 3 N–H and O–H groups in total. The number of benzene rings is 2. The summed E-state index contributed by atoms with van der Waals surface area (Å²) < 4.78 is 46.6. The van der Waals surface area contributed by atoms with Crippen LogP contribution in [0.3, 0.4) is 0 Å². The maximum Gasteiger partial charge on any atom is 0.416 e. The SMILES string of the molecule is Cc1cc(C(=O)Nc2cccc3c2O[C@H](CN(C)C(=O)Nc2ccc(C(F)(F)F)cc2)[C@@H](C)CN([C@@H](C)CO)C3=O)n(C)n1. The lowest BCUT2D eigenvalue weighted by Crippen LogP contribution is -2.50. The molecule has 11 nitrogen and oxygen atoms in total. The zero-order valence-corrected chi connectivity index (χ0v) is 25.0. The Balaban J connectivity index is 1.62. The number of alkyl halides is 3. The third-order valence-corrected chi connectivity index (χ3v) is 7.44. The molecule has 3 aromatic rings. The van der Waals surface area contributed by atoms with Crippen LogP contribution in [0.25, 0.3) is 0 Å². The quantitative estimate of drug-likeness (QED) is 0.362. The van der Waals surface area contributed by atoms with Crippen LogP contribution in [0.15, 0.2) is 48.5 Å². The topological polar surface area (TPSA) is 129 Å². The Morgan fingerprint density at radius 3 is 2.45 bits per heavy atom. The molecule has 0 spiro atoms. The first kappa shape index (κ1) is 32.3. The molecule has 3 atom stereocenters. The Kier molecular flexibility index (Phi) is 9.52. The predicted molar refractivity (Wildman–Crippen MR) is 157 cm³/mol. The van der Waals surface area contributed by atoms with Gasteiger partial charge in [-0.2, -0.15) is 18.3 Å². The van der Waals surface area contributed by atoms with E-state index in [2.05, 4.69) is 15.7 Å². The highest BCUT2D eigenvalue weighted by molar-refractivity contribution is 6.06. The van der Waals surface area contributed by atoms with Gasteiger partial charge in [-0.3, -0.25) is 14.3 Å². The molecule has 1 aliphatic rings. The van der Waals surface area contributed by atoms with Crippen molar-refractivity contribution in [3.63, 3.8) is 0 Å². The van der Waals surface area contributed by atoms with Crippen molar-refractivity contribution in [1.82, 2.24) is 19.6 Å². The Hall–Kier alpha value is -4.59. The smallest absolute Gasteiger partial charge is 0.416 e. The zero-order chi connectivity index (χ0) is 32.3. The van der Waals surface area contributed by atoms with Crippen LogP contribution in [-0.2, 0) is 13.2 Å². The zero-order valence-electron chi connectivity index (χ0n) is 25.0. The Morgan fingerprint density at radius 2 is 1.86 bits per heavy atom. The molecule has 1 aliphatic heterocycles. The number of fused-ring (bicyclic) bond motifs is 1. The molecule has 44 heavy (non-hydrogen) atoms. The second-order valence-corrected chi connectivity index (χ2v) is 10.9. The number of carbonyl (C=O) groups is 3. The van der Waals surface area contributed by atoms with Crippen molar-refractivity contribution >= 4 is 29.2 Å². The summed E-state index contributed by atoms with van der Waals surface area (Å²) in [5, 5.41) is 19.5. The van der Waals surface area contributed by atoms with Crippen molar-refractivity contribution in [2.45, 2.75) is 39.1 Å². The van der Waals surface area contributed by atoms with Crippen LogP contribution in [0.4, 0.5) is 29.3 Å². The summed E-state index contributed by atoms with van der Waals surface area (Å²) in [6.45, 7) is 5.23. The van der Waals surface area contributed by atoms with Gasteiger partial charge in [0.25, 0.3) is 11.8 Å². The van der Waals surface area contributed by atoms with E-state index in [1.165, 1.54) is 21.5 Å². The van der Waals surface area contributed by atoms with Crippen molar-refractivity contribution in [3.05, 3.63) is 71.0 Å². The highest BCUT2D eigenvalue weighted by Crippen LogP contribution is 2.35. The van der Waals surface area contributed by atoms with Crippen LogP contribution >= 0.6 is 0 Å². The highest BCUT2D eigenvalue weighted by atomic mass is 19.4. The summed E-state index contributed by atoms with van der Waals surface area (Å²) in [6.07, 6.45) is -5.20. The molecule has 0 unspecified atom stereocenters. The molecular weight excluding hydrogens is 581 g/mol. The van der Waals surface area contributed by atoms with E-state index >= 15 is 0 Å². The lowest BCUT2D eigenvalue weighted by Gasteiger charge is -2.38. The molecule has 4 amide bonds. The number of likely N-dealkylation sites (N-methyl/N-ethyl adjacent to an activating group) is 1. The number of aliphatic hydroxyl groups is 1. The van der Waals surface area contributed by atoms with Gasteiger partial charge in [0.2, 0.25) is 0 Å². The van der Waals surface area contributed by atoms with Crippen LogP contribution in [-0.4, -0.2) is 81.4 Å². The lowest BCUT2D eigenvalue weighted by molar-refractivity contribution is -0.137. The first-order chi connectivity index (χ1) is 20.7. The van der Waals surface area contributed by atoms with Gasteiger partial charge in [-0.05, 0) is 56.3 Å². The number of amides is 4. The van der Waals surface area contributed by atoms with Gasteiger partial charge >= 0.3 is 12.2 Å². The third-order valence-electron chi connectivity index (χ3n) is 7.44. The van der Waals surface area contributed by atoms with Gasteiger partial charge in [0.1, 0.15) is 11.8 Å². The number of rotatable bonds is 7. The first-order valence-corrected chi connectivity index (χ1v) is 13.9. The van der Waals surface area contributed by atoms with Crippen molar-refractivity contribution in [2.24, 2.45) is 13.0 Å². The summed E-state index contributed by atoms with van der Waals surface area (Å²) in [5.41, 5.74) is 0.669. The number of ether oxygens (including phenoxy) is 1. The number of carbonyl (C=O) groups excluding carboxylic acids is 3. The van der Waals surface area contributed by atoms with E-state index in [1.54, 1.807) is 45.2 Å². The minimum absolute atomic E-state index is 0.0197. The fourth-order valence-electron chi connectivity index (χ4n) is 4.88. The van der Waals surface area contributed by atoms with Crippen molar-refractivity contribution in [3.8, 4) is 5.75 Å². The van der Waals surface area contributed by atoms with Gasteiger partial charge < -0.3 is 30.3 Å². The number of halogens is 3. The maximum atomic E-state index is 13.7. The number of nitrogens with zero attached hydrogens (tertiary/aromatic N) is 4. The standard InChI is InChI=1S/C30H35F3N6O5/c1-17-14-39(19(3)16-40)28(42)22-7-6-8-23(35-27(41)24-13-18(2)36-38(24)5)26(22)44-25(17)15-37(4)29(43)34-21-11-9-20(10-12-21)30(31,32)33/h6-13,17,19,25,40H,14-16H2,1-5H3,(H,34,43)(H,35,41)/t17-,19-,25+/m0/s1. The Bertz CT molecular complexity index is 1520. The highest BCUT2D eigenvalue weighted by Gasteiger charge is 2.35. The average molecular weight is 617 g/mol. The second-order valence-electron chi connectivity index (χ2n) is 10.9. The van der Waals surface area contributed by atoms with Gasteiger partial charge in [0.05, 0.1) is 41.7 Å². The molecule has 4 rings (SSSR count). The minimum atomic E-state index is -4.50. The fourth-order valence-corrected chi connectivity index (χ4v) is 4.88. The normalized spacial score (nSPS) is 17.6. The summed E-state index contributed by atoms with van der Waals surface area (Å²) in [7, 11) is 3.14. The van der Waals surface area contributed by atoms with Crippen LogP contribution in [0.5, 0.6) is 5.75 Å². The number of hydrogen-bond acceptors (Lipinski definition) is 6. The molecule has 0 aliphatic carbocycles. The number of hydrogen-bond donors (Lipinski definition) is 3. The summed E-state index contributed by atoms with van der Waals surface area (Å²) in [5.74, 6) is -1.12. The van der Waals surface area contributed by atoms with Crippen LogP contribution in [0.2, 0.25) is 0 Å². The van der Waals surface area contributed by atoms with E-state index < -0.39 is 41.7 Å². The number of urea groups is 1. The fraction of sp³-hybridized carbons (Fsp3) is 0.400. The molecule has 236 valence electrons. The van der Waals surface area contributed by atoms with Gasteiger partial charge in [0.15, 0.2) is 5.75 Å². The number of aryl methyl sites for hydroxylation is 2. The van der Waals surface area contributed by atoms with Gasteiger partial charge in [-0.15, -0.1) is 0 Å². The van der Waals surface area contributed by atoms with Crippen molar-refractivity contribution < 1.29 is 37.4 Å². The van der Waals surface area contributed by atoms with E-state index in [9.17, 15) is 32.7 Å². The van der Waals surface area contributed by atoms with Crippen LogP contribution in [0.1, 0.15) is 46.0 Å². The van der Waals surface area contributed by atoms with Gasteiger partial charge in [-0.25, -0.2) is 4.79 Å². The molecule has 2 heterocycles. The second kappa shape index (κ2) is 13.0. The van der Waals surface area contributed by atoms with E-state index in [0.29, 0.717) is 5.69 Å². The van der Waals surface area contributed by atoms with E-state index in [-0.39, 0.29) is 54.0 Å². The third kappa shape index (κ3) is 7.13. The summed E-state index contributed by atoms with van der Waals surface area (Å²) >= 11 is 0.